The van der Waals surface area contributed by atoms with E-state index in [-0.39, 0.29) is 17.9 Å². The van der Waals surface area contributed by atoms with E-state index in [9.17, 15) is 9.59 Å². The van der Waals surface area contributed by atoms with Crippen LogP contribution in [0.2, 0.25) is 10.0 Å². The van der Waals surface area contributed by atoms with E-state index < -0.39 is 17.4 Å². The third-order valence-electron chi connectivity index (χ3n) is 6.38. The van der Waals surface area contributed by atoms with E-state index >= 15 is 0 Å². The van der Waals surface area contributed by atoms with Gasteiger partial charge in [0, 0.05) is 16.0 Å². The maximum Gasteiger partial charge on any atom is 0.328 e. The number of benzene rings is 2. The minimum atomic E-state index is -0.709. The summed E-state index contributed by atoms with van der Waals surface area (Å²) < 4.78 is 5.10. The summed E-state index contributed by atoms with van der Waals surface area (Å²) in [5.41, 5.74) is 1.22. The molecule has 4 atom stereocenters. The zero-order valence-electron chi connectivity index (χ0n) is 18.7. The second-order valence-corrected chi connectivity index (χ2v) is 9.45. The van der Waals surface area contributed by atoms with Gasteiger partial charge in [0.2, 0.25) is 5.91 Å². The number of amides is 1. The van der Waals surface area contributed by atoms with Gasteiger partial charge in [-0.2, -0.15) is 0 Å². The summed E-state index contributed by atoms with van der Waals surface area (Å²) in [5.74, 6) is -0.586. The van der Waals surface area contributed by atoms with Gasteiger partial charge in [-0.25, -0.2) is 4.79 Å². The highest BCUT2D eigenvalue weighted by Gasteiger charge is 2.52. The highest BCUT2D eigenvalue weighted by molar-refractivity contribution is 6.30. The first kappa shape index (κ1) is 24.3. The Morgan fingerprint density at radius 1 is 1.22 bits per heavy atom. The Morgan fingerprint density at radius 2 is 1.91 bits per heavy atom. The van der Waals surface area contributed by atoms with E-state index in [0.29, 0.717) is 29.3 Å². The molecule has 1 heterocycles. The summed E-state index contributed by atoms with van der Waals surface area (Å²) in [7, 11) is 1.36. The van der Waals surface area contributed by atoms with Crippen molar-refractivity contribution in [2.24, 2.45) is 5.41 Å². The van der Waals surface area contributed by atoms with Crippen molar-refractivity contribution in [3.8, 4) is 0 Å². The molecular formula is C26H29Cl2NO3. The fraction of sp³-hybridized carbons (Fsp3) is 0.385. The van der Waals surface area contributed by atoms with Gasteiger partial charge in [0.25, 0.3) is 0 Å². The predicted molar refractivity (Wildman–Crippen MR) is 129 cm³/mol. The van der Waals surface area contributed by atoms with Gasteiger partial charge in [-0.1, -0.05) is 67.4 Å². The SMILES string of the molecule is C=CC[C@@]1(C)C[C@H](c2cccc(Cl)c2)[C@@H](c2ccc(Cl)cc2)N(C(CC)C(=O)OC)C1=O. The lowest BCUT2D eigenvalue weighted by Crippen LogP contribution is -2.57. The van der Waals surface area contributed by atoms with Gasteiger partial charge in [0.05, 0.1) is 18.6 Å². The van der Waals surface area contributed by atoms with Gasteiger partial charge in [0.15, 0.2) is 0 Å². The number of carbonyl (C=O) groups is 2. The van der Waals surface area contributed by atoms with E-state index in [0.717, 1.165) is 11.1 Å². The number of likely N-dealkylation sites (tertiary alicyclic amines) is 1. The molecule has 6 heteroatoms. The number of hydrogen-bond donors (Lipinski definition) is 0. The van der Waals surface area contributed by atoms with E-state index in [1.54, 1.807) is 11.0 Å². The molecule has 32 heavy (non-hydrogen) atoms. The average molecular weight is 474 g/mol. The largest absolute Gasteiger partial charge is 0.467 e. The van der Waals surface area contributed by atoms with Crippen LogP contribution < -0.4 is 0 Å². The first-order chi connectivity index (χ1) is 15.3. The monoisotopic (exact) mass is 473 g/mol. The molecule has 1 amide bonds. The molecule has 2 aromatic rings. The second-order valence-electron chi connectivity index (χ2n) is 8.58. The molecule has 0 aromatic heterocycles. The lowest BCUT2D eigenvalue weighted by atomic mass is 9.67. The highest BCUT2D eigenvalue weighted by atomic mass is 35.5. The zero-order chi connectivity index (χ0) is 23.5. The second kappa shape index (κ2) is 10.1. The third-order valence-corrected chi connectivity index (χ3v) is 6.87. The topological polar surface area (TPSA) is 46.6 Å². The summed E-state index contributed by atoms with van der Waals surface area (Å²) in [5, 5.41) is 1.24. The van der Waals surface area contributed by atoms with Gasteiger partial charge >= 0.3 is 5.97 Å². The van der Waals surface area contributed by atoms with Gasteiger partial charge in [0.1, 0.15) is 6.04 Å². The van der Waals surface area contributed by atoms with Crippen molar-refractivity contribution in [2.75, 3.05) is 7.11 Å². The molecule has 0 aliphatic carbocycles. The summed E-state index contributed by atoms with van der Waals surface area (Å²) in [6.45, 7) is 7.71. The average Bonchev–Trinajstić information content (AvgIpc) is 2.77. The molecule has 1 saturated heterocycles. The molecule has 1 aliphatic heterocycles. The molecule has 0 N–H and O–H groups in total. The summed E-state index contributed by atoms with van der Waals surface area (Å²) in [6, 6.07) is 14.1. The number of carbonyl (C=O) groups excluding carboxylic acids is 2. The lowest BCUT2D eigenvalue weighted by molar-refractivity contribution is -0.165. The van der Waals surface area contributed by atoms with Crippen LogP contribution >= 0.6 is 23.2 Å². The van der Waals surface area contributed by atoms with Crippen molar-refractivity contribution >= 4 is 35.1 Å². The van der Waals surface area contributed by atoms with E-state index in [4.69, 9.17) is 27.9 Å². The molecule has 0 saturated carbocycles. The number of ether oxygens (including phenoxy) is 1. The fourth-order valence-electron chi connectivity index (χ4n) is 4.84. The molecule has 2 aromatic carbocycles. The quantitative estimate of drug-likeness (QED) is 0.336. The smallest absolute Gasteiger partial charge is 0.328 e. The van der Waals surface area contributed by atoms with Gasteiger partial charge in [-0.05, 0) is 54.7 Å². The van der Waals surface area contributed by atoms with Crippen LogP contribution in [0.15, 0.2) is 61.2 Å². The van der Waals surface area contributed by atoms with Crippen LogP contribution in [0.5, 0.6) is 0 Å². The van der Waals surface area contributed by atoms with E-state index in [2.05, 4.69) is 6.58 Å². The van der Waals surface area contributed by atoms with Crippen molar-refractivity contribution in [1.29, 1.82) is 0 Å². The Hall–Kier alpha value is -2.30. The molecule has 0 radical (unpaired) electrons. The number of rotatable bonds is 7. The van der Waals surface area contributed by atoms with Crippen molar-refractivity contribution in [3.05, 3.63) is 82.4 Å². The van der Waals surface area contributed by atoms with Crippen LogP contribution in [-0.2, 0) is 14.3 Å². The number of nitrogens with zero attached hydrogens (tertiary/aromatic N) is 1. The first-order valence-corrected chi connectivity index (χ1v) is 11.5. The molecule has 1 unspecified atom stereocenters. The first-order valence-electron chi connectivity index (χ1n) is 10.8. The van der Waals surface area contributed by atoms with Crippen molar-refractivity contribution < 1.29 is 14.3 Å². The molecule has 170 valence electrons. The van der Waals surface area contributed by atoms with Crippen molar-refractivity contribution in [2.45, 2.75) is 51.1 Å². The molecule has 0 bridgehead atoms. The van der Waals surface area contributed by atoms with E-state index in [1.165, 1.54) is 7.11 Å². The normalized spacial score (nSPS) is 24.2. The van der Waals surface area contributed by atoms with Crippen molar-refractivity contribution in [3.63, 3.8) is 0 Å². The number of allylic oxidation sites excluding steroid dienone is 1. The zero-order valence-corrected chi connectivity index (χ0v) is 20.2. The number of hydrogen-bond acceptors (Lipinski definition) is 3. The van der Waals surface area contributed by atoms with Gasteiger partial charge < -0.3 is 9.64 Å². The van der Waals surface area contributed by atoms with Crippen LogP contribution in [0.1, 0.15) is 56.2 Å². The molecule has 4 nitrogen and oxygen atoms in total. The fourth-order valence-corrected chi connectivity index (χ4v) is 5.17. The van der Waals surface area contributed by atoms with Crippen LogP contribution in [0, 0.1) is 5.41 Å². The van der Waals surface area contributed by atoms with Crippen LogP contribution in [0.25, 0.3) is 0 Å². The van der Waals surface area contributed by atoms with Crippen LogP contribution in [-0.4, -0.2) is 29.9 Å². The lowest BCUT2D eigenvalue weighted by Gasteiger charge is -2.51. The Bertz CT molecular complexity index is 991. The highest BCUT2D eigenvalue weighted by Crippen LogP contribution is 2.52. The minimum Gasteiger partial charge on any atom is -0.467 e. The van der Waals surface area contributed by atoms with Gasteiger partial charge in [-0.3, -0.25) is 4.79 Å². The van der Waals surface area contributed by atoms with Gasteiger partial charge in [-0.15, -0.1) is 6.58 Å². The third kappa shape index (κ3) is 4.72. The minimum absolute atomic E-state index is 0.0760. The number of piperidine rings is 1. The maximum absolute atomic E-state index is 14.0. The summed E-state index contributed by atoms with van der Waals surface area (Å²) in [6.07, 6.45) is 3.31. The Balaban J connectivity index is 2.26. The molecule has 0 spiro atoms. The standard InChI is InChI=1S/C26H29Cl2NO3/c1-5-14-26(3)16-21(18-8-7-9-20(28)15-18)23(17-10-12-19(27)13-11-17)29(25(26)31)22(6-2)24(30)32-4/h5,7-13,15,21-23H,1,6,14,16H2,2-4H3/t21-,22?,23-,26+/m1/s1. The van der Waals surface area contributed by atoms with E-state index in [1.807, 2.05) is 62.4 Å². The van der Waals surface area contributed by atoms with Crippen LogP contribution in [0.4, 0.5) is 0 Å². The molecule has 1 fully saturated rings. The number of esters is 1. The maximum atomic E-state index is 14.0. The summed E-state index contributed by atoms with van der Waals surface area (Å²) in [4.78, 5) is 28.5. The predicted octanol–water partition coefficient (Wildman–Crippen LogP) is 6.58. The Labute approximate surface area is 200 Å². The van der Waals surface area contributed by atoms with Crippen molar-refractivity contribution in [1.82, 2.24) is 4.90 Å². The van der Waals surface area contributed by atoms with Crippen LogP contribution in [0.3, 0.4) is 0 Å². The Morgan fingerprint density at radius 3 is 2.47 bits per heavy atom. The number of methoxy groups -OCH3 is 1. The molecule has 1 aliphatic rings. The molecule has 3 rings (SSSR count). The Kier molecular flexibility index (Phi) is 7.68. The molecular weight excluding hydrogens is 445 g/mol. The number of halogens is 2. The summed E-state index contributed by atoms with van der Waals surface area (Å²) >= 11 is 12.5.